The molecule has 2 aromatic rings. The molecule has 1 fully saturated rings. The molecule has 4 rings (SSSR count). The number of carbonyl (C=O) groups is 1. The van der Waals surface area contributed by atoms with Crippen LogP contribution in [0, 0.1) is 0 Å². The number of carbonyl (C=O) groups excluding carboxylic acids is 1. The van der Waals surface area contributed by atoms with Crippen molar-refractivity contribution >= 4 is 33.2 Å². The molecule has 8 heteroatoms. The Labute approximate surface area is 176 Å². The van der Waals surface area contributed by atoms with Crippen LogP contribution in [0.3, 0.4) is 0 Å². The van der Waals surface area contributed by atoms with Crippen molar-refractivity contribution in [1.29, 1.82) is 0 Å². The number of rotatable bonds is 4. The summed E-state index contributed by atoms with van der Waals surface area (Å²) in [5.41, 5.74) is 3.40. The number of amides is 1. The number of aromatic nitrogens is 1. The fourth-order valence-electron chi connectivity index (χ4n) is 4.31. The molecule has 29 heavy (non-hydrogen) atoms. The van der Waals surface area contributed by atoms with Gasteiger partial charge in [0.1, 0.15) is 0 Å². The molecule has 0 N–H and O–H groups in total. The van der Waals surface area contributed by atoms with Gasteiger partial charge >= 0.3 is 0 Å². The van der Waals surface area contributed by atoms with Crippen molar-refractivity contribution in [3.63, 3.8) is 0 Å². The Hall–Kier alpha value is -1.96. The summed E-state index contributed by atoms with van der Waals surface area (Å²) < 4.78 is 25.8. The molecule has 0 bridgehead atoms. The molecule has 0 aliphatic carbocycles. The first-order chi connectivity index (χ1) is 13.8. The lowest BCUT2D eigenvalue weighted by Crippen LogP contribution is -2.38. The van der Waals surface area contributed by atoms with Gasteiger partial charge in [-0.15, -0.1) is 0 Å². The number of halogens is 1. The van der Waals surface area contributed by atoms with E-state index in [2.05, 4.69) is 4.98 Å². The first-order valence-electron chi connectivity index (χ1n) is 9.87. The van der Waals surface area contributed by atoms with E-state index in [1.807, 2.05) is 25.3 Å². The number of sulfonamides is 1. The molecule has 154 valence electrons. The maximum atomic E-state index is 13.0. The molecule has 0 radical (unpaired) electrons. The van der Waals surface area contributed by atoms with E-state index in [0.717, 1.165) is 29.7 Å². The number of pyridine rings is 1. The summed E-state index contributed by atoms with van der Waals surface area (Å²) >= 11 is 6.12. The second-order valence-electron chi connectivity index (χ2n) is 7.63. The third kappa shape index (κ3) is 3.67. The summed E-state index contributed by atoms with van der Waals surface area (Å²) in [7, 11) is -3.14. The fraction of sp³-hybridized carbons (Fsp3) is 0.429. The maximum Gasteiger partial charge on any atom is 0.259 e. The molecule has 6 nitrogen and oxygen atoms in total. The lowest BCUT2D eigenvalue weighted by atomic mass is 9.91. The predicted molar refractivity (Wildman–Crippen MR) is 114 cm³/mol. The Morgan fingerprint density at radius 2 is 1.90 bits per heavy atom. The average molecular weight is 434 g/mol. The highest BCUT2D eigenvalue weighted by molar-refractivity contribution is 7.89. The number of benzene rings is 1. The van der Waals surface area contributed by atoms with E-state index >= 15 is 0 Å². The highest BCUT2D eigenvalue weighted by Gasteiger charge is 2.35. The molecule has 1 aromatic heterocycles. The molecule has 0 spiro atoms. The van der Waals surface area contributed by atoms with Gasteiger partial charge in [-0.25, -0.2) is 12.7 Å². The van der Waals surface area contributed by atoms with Gasteiger partial charge in [-0.2, -0.15) is 0 Å². The molecule has 0 saturated carbocycles. The predicted octanol–water partition coefficient (Wildman–Crippen LogP) is 3.99. The van der Waals surface area contributed by atoms with Crippen LogP contribution in [0.4, 0.5) is 5.69 Å². The maximum absolute atomic E-state index is 13.0. The van der Waals surface area contributed by atoms with Crippen LogP contribution in [-0.4, -0.2) is 42.5 Å². The zero-order valence-corrected chi connectivity index (χ0v) is 18.1. The largest absolute Gasteiger partial charge is 0.300 e. The Balaban J connectivity index is 1.56. The first kappa shape index (κ1) is 20.3. The molecule has 3 heterocycles. The average Bonchev–Trinajstić information content (AvgIpc) is 2.98. The van der Waals surface area contributed by atoms with Crippen molar-refractivity contribution in [2.45, 2.75) is 38.6 Å². The zero-order chi connectivity index (χ0) is 20.8. The van der Waals surface area contributed by atoms with Gasteiger partial charge in [0.25, 0.3) is 5.91 Å². The normalized spacial score (nSPS) is 20.9. The second-order valence-corrected chi connectivity index (χ2v) is 10.3. The third-order valence-electron chi connectivity index (χ3n) is 6.01. The van der Waals surface area contributed by atoms with E-state index in [1.54, 1.807) is 34.5 Å². The van der Waals surface area contributed by atoms with Crippen LogP contribution < -0.4 is 4.90 Å². The molecule has 2 aliphatic rings. The Morgan fingerprint density at radius 1 is 1.17 bits per heavy atom. The quantitative estimate of drug-likeness (QED) is 0.731. The number of piperidine rings is 1. The summed E-state index contributed by atoms with van der Waals surface area (Å²) in [4.78, 5) is 19.1. The van der Waals surface area contributed by atoms with Crippen LogP contribution in [0.25, 0.3) is 0 Å². The van der Waals surface area contributed by atoms with Crippen LogP contribution in [0.15, 0.2) is 36.7 Å². The summed E-state index contributed by atoms with van der Waals surface area (Å²) in [5.74, 6) is 0.316. The van der Waals surface area contributed by atoms with Gasteiger partial charge in [0, 0.05) is 29.9 Å². The molecule has 1 atom stereocenters. The minimum Gasteiger partial charge on any atom is -0.300 e. The van der Waals surface area contributed by atoms with E-state index in [0.29, 0.717) is 23.7 Å². The van der Waals surface area contributed by atoms with Gasteiger partial charge < -0.3 is 0 Å². The van der Waals surface area contributed by atoms with E-state index in [9.17, 15) is 13.2 Å². The van der Waals surface area contributed by atoms with Gasteiger partial charge in [-0.1, -0.05) is 11.6 Å². The van der Waals surface area contributed by atoms with Crippen molar-refractivity contribution in [1.82, 2.24) is 9.29 Å². The standard InChI is InChI=1S/C21H24ClN3O3S/c1-3-29(27,28)24-8-6-15(7-9-24)16-10-18(13-23-12-16)25-14(2)20-11-17(22)4-5-19(20)21(25)26/h4-5,10-15H,3,6-9H2,1-2H3. The number of anilines is 1. The molecule has 1 unspecified atom stereocenters. The summed E-state index contributed by atoms with van der Waals surface area (Å²) in [6, 6.07) is 7.26. The van der Waals surface area contributed by atoms with Crippen LogP contribution >= 0.6 is 11.6 Å². The summed E-state index contributed by atoms with van der Waals surface area (Å²) in [6.07, 6.45) is 5.04. The molecular formula is C21H24ClN3O3S. The summed E-state index contributed by atoms with van der Waals surface area (Å²) in [6.45, 7) is 4.71. The molecule has 1 aromatic carbocycles. The minimum atomic E-state index is -3.14. The van der Waals surface area contributed by atoms with Crippen LogP contribution in [-0.2, 0) is 10.0 Å². The SMILES string of the molecule is CCS(=O)(=O)N1CCC(c2cncc(N3C(=O)c4ccc(Cl)cc4C3C)c2)CC1. The lowest BCUT2D eigenvalue weighted by molar-refractivity contribution is 0.0992. The second kappa shape index (κ2) is 7.70. The monoisotopic (exact) mass is 433 g/mol. The van der Waals surface area contributed by atoms with Crippen LogP contribution in [0.2, 0.25) is 5.02 Å². The molecule has 1 saturated heterocycles. The Morgan fingerprint density at radius 3 is 2.59 bits per heavy atom. The van der Waals surface area contributed by atoms with E-state index < -0.39 is 10.0 Å². The lowest BCUT2D eigenvalue weighted by Gasteiger charge is -2.31. The van der Waals surface area contributed by atoms with E-state index in [4.69, 9.17) is 11.6 Å². The minimum absolute atomic E-state index is 0.0491. The van der Waals surface area contributed by atoms with Crippen LogP contribution in [0.5, 0.6) is 0 Å². The number of hydrogen-bond donors (Lipinski definition) is 0. The zero-order valence-electron chi connectivity index (χ0n) is 16.5. The molecular weight excluding hydrogens is 410 g/mol. The van der Waals surface area contributed by atoms with Crippen molar-refractivity contribution < 1.29 is 13.2 Å². The Kier molecular flexibility index (Phi) is 5.40. The van der Waals surface area contributed by atoms with E-state index in [1.165, 1.54) is 0 Å². The van der Waals surface area contributed by atoms with Crippen LogP contribution in [0.1, 0.15) is 60.1 Å². The smallest absolute Gasteiger partial charge is 0.259 e. The van der Waals surface area contributed by atoms with Gasteiger partial charge in [0.2, 0.25) is 10.0 Å². The van der Waals surface area contributed by atoms with Crippen molar-refractivity contribution in [2.24, 2.45) is 0 Å². The van der Waals surface area contributed by atoms with Gasteiger partial charge in [0.15, 0.2) is 0 Å². The van der Waals surface area contributed by atoms with Gasteiger partial charge in [0.05, 0.1) is 23.7 Å². The topological polar surface area (TPSA) is 70.6 Å². The van der Waals surface area contributed by atoms with Crippen molar-refractivity contribution in [3.05, 3.63) is 58.4 Å². The fourth-order valence-corrected chi connectivity index (χ4v) is 5.62. The highest BCUT2D eigenvalue weighted by atomic mass is 35.5. The number of hydrogen-bond acceptors (Lipinski definition) is 4. The van der Waals surface area contributed by atoms with Crippen molar-refractivity contribution in [3.8, 4) is 0 Å². The van der Waals surface area contributed by atoms with Crippen molar-refractivity contribution in [2.75, 3.05) is 23.7 Å². The molecule has 1 amide bonds. The molecule has 2 aliphatic heterocycles. The van der Waals surface area contributed by atoms with Gasteiger partial charge in [-0.05, 0) is 68.0 Å². The van der Waals surface area contributed by atoms with E-state index in [-0.39, 0.29) is 23.6 Å². The summed E-state index contributed by atoms with van der Waals surface area (Å²) in [5, 5.41) is 0.617. The highest BCUT2D eigenvalue weighted by Crippen LogP contribution is 2.39. The number of nitrogens with zero attached hydrogens (tertiary/aromatic N) is 3. The number of fused-ring (bicyclic) bond motifs is 1. The Bertz CT molecular complexity index is 1050. The first-order valence-corrected chi connectivity index (χ1v) is 11.9. The third-order valence-corrected chi connectivity index (χ3v) is 8.12. The van der Waals surface area contributed by atoms with Gasteiger partial charge in [-0.3, -0.25) is 14.7 Å².